The van der Waals surface area contributed by atoms with E-state index in [2.05, 4.69) is 5.32 Å². The topological polar surface area (TPSA) is 42.2 Å². The highest BCUT2D eigenvalue weighted by molar-refractivity contribution is 6.29. The zero-order valence-corrected chi connectivity index (χ0v) is 6.44. The van der Waals surface area contributed by atoms with E-state index in [-0.39, 0.29) is 11.0 Å². The number of rotatable bonds is 0. The second kappa shape index (κ2) is 2.36. The molecule has 1 aromatic heterocycles. The molecule has 0 spiro atoms. The van der Waals surface area contributed by atoms with Gasteiger partial charge >= 0.3 is 0 Å². The van der Waals surface area contributed by atoms with Gasteiger partial charge in [0.25, 0.3) is 0 Å². The maximum Gasteiger partial charge on any atom is 0.194 e. The normalized spacial score (nSPS) is 16.6. The molecule has 2 heterocycles. The number of hydrogen-bond acceptors (Lipinski definition) is 3. The van der Waals surface area contributed by atoms with Crippen molar-refractivity contribution in [2.45, 2.75) is 6.54 Å². The second-order valence-corrected chi connectivity index (χ2v) is 2.79. The Kier molecular flexibility index (Phi) is 1.47. The molecular formula is C7H6ClNO2. The molecule has 1 N–H and O–H groups in total. The average molecular weight is 172 g/mol. The first-order valence-electron chi connectivity index (χ1n) is 3.29. The number of hydrogen-bond donors (Lipinski definition) is 1. The smallest absolute Gasteiger partial charge is 0.194 e. The molecule has 0 bridgehead atoms. The molecule has 0 atom stereocenters. The standard InChI is InChI=1S/C7H6ClNO2/c8-7-1-4-5(10)2-9-3-6(4)11-7/h1,9H,2-3H2. The van der Waals surface area contributed by atoms with Gasteiger partial charge in [0, 0.05) is 6.07 Å². The Balaban J connectivity index is 2.52. The number of carbonyl (C=O) groups excluding carboxylic acids is 1. The minimum Gasteiger partial charge on any atom is -0.448 e. The first-order chi connectivity index (χ1) is 5.27. The summed E-state index contributed by atoms with van der Waals surface area (Å²) >= 11 is 5.57. The van der Waals surface area contributed by atoms with Crippen molar-refractivity contribution in [1.29, 1.82) is 0 Å². The average Bonchev–Trinajstić information content (AvgIpc) is 2.31. The maximum atomic E-state index is 11.1. The summed E-state index contributed by atoms with van der Waals surface area (Å²) in [5, 5.41) is 3.19. The summed E-state index contributed by atoms with van der Waals surface area (Å²) in [5.41, 5.74) is 0.619. The number of fused-ring (bicyclic) bond motifs is 1. The fourth-order valence-electron chi connectivity index (χ4n) is 1.15. The van der Waals surface area contributed by atoms with E-state index in [4.69, 9.17) is 16.0 Å². The highest BCUT2D eigenvalue weighted by atomic mass is 35.5. The molecule has 0 aliphatic carbocycles. The number of nitrogens with one attached hydrogen (secondary N) is 1. The molecule has 0 saturated carbocycles. The Hall–Kier alpha value is -0.800. The lowest BCUT2D eigenvalue weighted by Crippen LogP contribution is -2.28. The van der Waals surface area contributed by atoms with Gasteiger partial charge in [-0.05, 0) is 11.6 Å². The fraction of sp³-hybridized carbons (Fsp3) is 0.286. The molecule has 4 heteroatoms. The predicted molar refractivity (Wildman–Crippen MR) is 39.8 cm³/mol. The van der Waals surface area contributed by atoms with Gasteiger partial charge in [-0.2, -0.15) is 0 Å². The first-order valence-corrected chi connectivity index (χ1v) is 3.67. The summed E-state index contributed by atoms with van der Waals surface area (Å²) in [5.74, 6) is 0.688. The maximum absolute atomic E-state index is 11.1. The van der Waals surface area contributed by atoms with Crippen LogP contribution in [0.1, 0.15) is 16.1 Å². The van der Waals surface area contributed by atoms with E-state index in [0.29, 0.717) is 24.4 Å². The molecule has 0 fully saturated rings. The van der Waals surface area contributed by atoms with E-state index in [9.17, 15) is 4.79 Å². The van der Waals surface area contributed by atoms with Crippen LogP contribution in [0.3, 0.4) is 0 Å². The van der Waals surface area contributed by atoms with Crippen LogP contribution in [-0.4, -0.2) is 12.3 Å². The van der Waals surface area contributed by atoms with Crippen LogP contribution in [-0.2, 0) is 6.54 Å². The minimum absolute atomic E-state index is 0.0434. The van der Waals surface area contributed by atoms with Crippen LogP contribution < -0.4 is 5.32 Å². The molecule has 1 aliphatic rings. The van der Waals surface area contributed by atoms with Gasteiger partial charge in [-0.15, -0.1) is 0 Å². The van der Waals surface area contributed by atoms with E-state index in [1.807, 2.05) is 0 Å². The molecule has 0 radical (unpaired) electrons. The van der Waals surface area contributed by atoms with E-state index in [1.165, 1.54) is 0 Å². The third-order valence-electron chi connectivity index (χ3n) is 1.65. The fourth-order valence-corrected chi connectivity index (χ4v) is 1.35. The molecule has 2 rings (SSSR count). The van der Waals surface area contributed by atoms with Crippen LogP contribution in [0.25, 0.3) is 0 Å². The van der Waals surface area contributed by atoms with Crippen molar-refractivity contribution < 1.29 is 9.21 Å². The summed E-state index contributed by atoms with van der Waals surface area (Å²) in [6.07, 6.45) is 0. The van der Waals surface area contributed by atoms with Crippen LogP contribution >= 0.6 is 11.6 Å². The Morgan fingerprint density at radius 1 is 1.55 bits per heavy atom. The third-order valence-corrected chi connectivity index (χ3v) is 1.84. The molecule has 0 amide bonds. The molecule has 0 saturated heterocycles. The molecule has 3 nitrogen and oxygen atoms in total. The van der Waals surface area contributed by atoms with Crippen molar-refractivity contribution in [1.82, 2.24) is 5.32 Å². The molecule has 1 aliphatic heterocycles. The molecule has 58 valence electrons. The Morgan fingerprint density at radius 3 is 3.09 bits per heavy atom. The van der Waals surface area contributed by atoms with Crippen LogP contribution in [0.5, 0.6) is 0 Å². The predicted octanol–water partition coefficient (Wildman–Crippen LogP) is 1.22. The van der Waals surface area contributed by atoms with Gasteiger partial charge in [-0.1, -0.05) is 0 Å². The van der Waals surface area contributed by atoms with Gasteiger partial charge in [-0.25, -0.2) is 0 Å². The Labute approximate surface area is 68.3 Å². The van der Waals surface area contributed by atoms with Crippen molar-refractivity contribution in [2.24, 2.45) is 0 Å². The summed E-state index contributed by atoms with van der Waals surface area (Å²) in [6, 6.07) is 1.57. The minimum atomic E-state index is 0.0434. The second-order valence-electron chi connectivity index (χ2n) is 2.41. The third kappa shape index (κ3) is 1.06. The summed E-state index contributed by atoms with van der Waals surface area (Å²) in [6.45, 7) is 0.969. The SMILES string of the molecule is O=C1CNCc2oc(Cl)cc21. The largest absolute Gasteiger partial charge is 0.448 e. The highest BCUT2D eigenvalue weighted by Gasteiger charge is 2.20. The van der Waals surface area contributed by atoms with Gasteiger partial charge in [0.05, 0.1) is 18.7 Å². The first kappa shape index (κ1) is 6.88. The molecular weight excluding hydrogens is 166 g/mol. The van der Waals surface area contributed by atoms with Crippen molar-refractivity contribution in [3.63, 3.8) is 0 Å². The monoisotopic (exact) mass is 171 g/mol. The van der Waals surface area contributed by atoms with E-state index in [1.54, 1.807) is 6.07 Å². The van der Waals surface area contributed by atoms with Gasteiger partial charge in [0.2, 0.25) is 0 Å². The van der Waals surface area contributed by atoms with Gasteiger partial charge in [0.15, 0.2) is 11.0 Å². The van der Waals surface area contributed by atoms with Crippen LogP contribution in [0.2, 0.25) is 5.22 Å². The summed E-state index contributed by atoms with van der Waals surface area (Å²) in [7, 11) is 0. The van der Waals surface area contributed by atoms with Crippen molar-refractivity contribution in [3.8, 4) is 0 Å². The lowest BCUT2D eigenvalue weighted by Gasteiger charge is -2.08. The zero-order chi connectivity index (χ0) is 7.84. The molecule has 0 unspecified atom stereocenters. The van der Waals surface area contributed by atoms with Gasteiger partial charge in [0.1, 0.15) is 5.76 Å². The number of halogens is 1. The molecule has 0 aromatic carbocycles. The Bertz CT molecular complexity index is 305. The molecule has 11 heavy (non-hydrogen) atoms. The summed E-state index contributed by atoms with van der Waals surface area (Å²) in [4.78, 5) is 11.1. The van der Waals surface area contributed by atoms with Crippen LogP contribution in [0, 0.1) is 0 Å². The van der Waals surface area contributed by atoms with Gasteiger partial charge < -0.3 is 9.73 Å². The van der Waals surface area contributed by atoms with Crippen LogP contribution in [0.4, 0.5) is 0 Å². The Morgan fingerprint density at radius 2 is 2.36 bits per heavy atom. The van der Waals surface area contributed by atoms with Gasteiger partial charge in [-0.3, -0.25) is 4.79 Å². The lowest BCUT2D eigenvalue weighted by molar-refractivity contribution is 0.0979. The van der Waals surface area contributed by atoms with E-state index in [0.717, 1.165) is 0 Å². The lowest BCUT2D eigenvalue weighted by atomic mass is 10.1. The number of furan rings is 1. The number of Topliss-reactive ketones (excluding diaryl/α,β-unsaturated/α-hetero) is 1. The van der Waals surface area contributed by atoms with E-state index < -0.39 is 0 Å². The van der Waals surface area contributed by atoms with E-state index >= 15 is 0 Å². The van der Waals surface area contributed by atoms with Crippen molar-refractivity contribution in [2.75, 3.05) is 6.54 Å². The summed E-state index contributed by atoms with van der Waals surface area (Å²) < 4.78 is 5.06. The van der Waals surface area contributed by atoms with Crippen LogP contribution in [0.15, 0.2) is 10.5 Å². The number of ketones is 1. The molecule has 1 aromatic rings. The zero-order valence-electron chi connectivity index (χ0n) is 5.69. The van der Waals surface area contributed by atoms with Crippen molar-refractivity contribution >= 4 is 17.4 Å². The number of carbonyl (C=O) groups is 1. The quantitative estimate of drug-likeness (QED) is 0.638. The highest BCUT2D eigenvalue weighted by Crippen LogP contribution is 2.21. The van der Waals surface area contributed by atoms with Crippen molar-refractivity contribution in [3.05, 3.63) is 22.6 Å².